The summed E-state index contributed by atoms with van der Waals surface area (Å²) in [5, 5.41) is 0.754. The van der Waals surface area contributed by atoms with Crippen molar-refractivity contribution in [3.63, 3.8) is 0 Å². The fraction of sp³-hybridized carbons (Fsp3) is 0.379. The van der Waals surface area contributed by atoms with E-state index in [1.165, 1.54) is 18.4 Å². The van der Waals surface area contributed by atoms with Crippen molar-refractivity contribution in [3.8, 4) is 11.1 Å². The Hall–Kier alpha value is -2.69. The van der Waals surface area contributed by atoms with E-state index in [2.05, 4.69) is 34.1 Å². The average Bonchev–Trinajstić information content (AvgIpc) is 3.72. The SMILES string of the molecule is NC[C@]1(c2cccc(Cl)c2)CC[C@H](N(CC2CC2)C(=O)c2cncc(-c3ccccc3)c2)CC1. The molecule has 2 N–H and O–H groups in total. The molecule has 0 radical (unpaired) electrons. The molecule has 1 amide bonds. The third-order valence-corrected chi connectivity index (χ3v) is 7.92. The molecule has 5 rings (SSSR count). The van der Waals surface area contributed by atoms with Gasteiger partial charge in [-0.3, -0.25) is 9.78 Å². The summed E-state index contributed by atoms with van der Waals surface area (Å²) in [6.07, 6.45) is 9.81. The first-order valence-electron chi connectivity index (χ1n) is 12.4. The molecule has 2 aliphatic rings. The normalized spacial score (nSPS) is 22.4. The van der Waals surface area contributed by atoms with Gasteiger partial charge in [0.15, 0.2) is 0 Å². The molecule has 0 atom stereocenters. The van der Waals surface area contributed by atoms with E-state index in [0.717, 1.165) is 48.4 Å². The third kappa shape index (κ3) is 4.89. The van der Waals surface area contributed by atoms with Crippen LogP contribution in [0.3, 0.4) is 0 Å². The zero-order valence-electron chi connectivity index (χ0n) is 19.5. The van der Waals surface area contributed by atoms with Crippen LogP contribution in [-0.4, -0.2) is 34.9 Å². The molecule has 2 aromatic carbocycles. The lowest BCUT2D eigenvalue weighted by molar-refractivity contribution is 0.0581. The Kier molecular flexibility index (Phi) is 6.71. The summed E-state index contributed by atoms with van der Waals surface area (Å²) < 4.78 is 0. The Balaban J connectivity index is 1.36. The van der Waals surface area contributed by atoms with Crippen molar-refractivity contribution in [1.29, 1.82) is 0 Å². The molecule has 34 heavy (non-hydrogen) atoms. The number of rotatable bonds is 7. The lowest BCUT2D eigenvalue weighted by Crippen LogP contribution is -2.48. The molecule has 0 aliphatic heterocycles. The predicted molar refractivity (Wildman–Crippen MR) is 138 cm³/mol. The number of amides is 1. The number of halogens is 1. The number of pyridine rings is 1. The fourth-order valence-electron chi connectivity index (χ4n) is 5.38. The second kappa shape index (κ2) is 9.89. The fourth-order valence-corrected chi connectivity index (χ4v) is 5.57. The van der Waals surface area contributed by atoms with Crippen LogP contribution in [0.15, 0.2) is 73.1 Å². The molecule has 176 valence electrons. The van der Waals surface area contributed by atoms with Crippen LogP contribution in [0.4, 0.5) is 0 Å². The van der Waals surface area contributed by atoms with Gasteiger partial charge in [0, 0.05) is 47.5 Å². The van der Waals surface area contributed by atoms with E-state index in [4.69, 9.17) is 17.3 Å². The molecule has 3 aromatic rings. The molecular formula is C29H32ClN3O. The molecule has 0 spiro atoms. The second-order valence-corrected chi connectivity index (χ2v) is 10.4. The Morgan fingerprint density at radius 1 is 0.971 bits per heavy atom. The first kappa shape index (κ1) is 23.1. The highest BCUT2D eigenvalue weighted by molar-refractivity contribution is 6.30. The molecule has 4 nitrogen and oxygen atoms in total. The van der Waals surface area contributed by atoms with Crippen molar-refractivity contribution >= 4 is 17.5 Å². The quantitative estimate of drug-likeness (QED) is 0.451. The van der Waals surface area contributed by atoms with E-state index in [-0.39, 0.29) is 17.4 Å². The number of carbonyl (C=O) groups excluding carboxylic acids is 1. The number of carbonyl (C=O) groups is 1. The van der Waals surface area contributed by atoms with Gasteiger partial charge in [-0.25, -0.2) is 0 Å². The molecule has 2 fully saturated rings. The van der Waals surface area contributed by atoms with Crippen molar-refractivity contribution in [2.45, 2.75) is 50.0 Å². The summed E-state index contributed by atoms with van der Waals surface area (Å²) in [4.78, 5) is 20.3. The van der Waals surface area contributed by atoms with Gasteiger partial charge in [0.2, 0.25) is 0 Å². The summed E-state index contributed by atoms with van der Waals surface area (Å²) >= 11 is 6.29. The highest BCUT2D eigenvalue weighted by Gasteiger charge is 2.40. The monoisotopic (exact) mass is 473 g/mol. The van der Waals surface area contributed by atoms with Gasteiger partial charge in [0.1, 0.15) is 0 Å². The van der Waals surface area contributed by atoms with Crippen LogP contribution in [0.25, 0.3) is 11.1 Å². The Bertz CT molecular complexity index is 1140. The minimum atomic E-state index is -0.0650. The summed E-state index contributed by atoms with van der Waals surface area (Å²) in [5.41, 5.74) is 10.2. The minimum absolute atomic E-state index is 0.0650. The van der Waals surface area contributed by atoms with E-state index in [0.29, 0.717) is 18.0 Å². The number of hydrogen-bond donors (Lipinski definition) is 1. The van der Waals surface area contributed by atoms with Crippen molar-refractivity contribution in [3.05, 3.63) is 89.2 Å². The number of aromatic nitrogens is 1. The summed E-state index contributed by atoms with van der Waals surface area (Å²) in [7, 11) is 0. The van der Waals surface area contributed by atoms with E-state index < -0.39 is 0 Å². The maximum Gasteiger partial charge on any atom is 0.255 e. The van der Waals surface area contributed by atoms with Crippen LogP contribution in [0.5, 0.6) is 0 Å². The predicted octanol–water partition coefficient (Wildman–Crippen LogP) is 6.09. The van der Waals surface area contributed by atoms with Crippen LogP contribution >= 0.6 is 11.6 Å². The molecule has 0 bridgehead atoms. The Morgan fingerprint density at radius 3 is 2.41 bits per heavy atom. The lowest BCUT2D eigenvalue weighted by atomic mass is 9.68. The molecular weight excluding hydrogens is 442 g/mol. The van der Waals surface area contributed by atoms with Crippen molar-refractivity contribution in [1.82, 2.24) is 9.88 Å². The molecule has 0 saturated heterocycles. The number of nitrogens with two attached hydrogens (primary N) is 1. The van der Waals surface area contributed by atoms with Crippen molar-refractivity contribution < 1.29 is 4.79 Å². The number of hydrogen-bond acceptors (Lipinski definition) is 3. The highest BCUT2D eigenvalue weighted by Crippen LogP contribution is 2.42. The second-order valence-electron chi connectivity index (χ2n) is 9.96. The van der Waals surface area contributed by atoms with Gasteiger partial charge in [-0.1, -0.05) is 54.1 Å². The van der Waals surface area contributed by atoms with E-state index >= 15 is 0 Å². The van der Waals surface area contributed by atoms with Crippen LogP contribution < -0.4 is 5.73 Å². The summed E-state index contributed by atoms with van der Waals surface area (Å²) in [6, 6.07) is 20.5. The van der Waals surface area contributed by atoms with Crippen LogP contribution in [0.2, 0.25) is 5.02 Å². The maximum atomic E-state index is 13.8. The van der Waals surface area contributed by atoms with Gasteiger partial charge >= 0.3 is 0 Å². The molecule has 1 aromatic heterocycles. The molecule has 0 unspecified atom stereocenters. The van der Waals surface area contributed by atoms with Gasteiger partial charge in [-0.15, -0.1) is 0 Å². The van der Waals surface area contributed by atoms with Gasteiger partial charge < -0.3 is 10.6 Å². The van der Waals surface area contributed by atoms with Crippen LogP contribution in [0, 0.1) is 5.92 Å². The first-order chi connectivity index (χ1) is 16.6. The molecule has 1 heterocycles. The van der Waals surface area contributed by atoms with Gasteiger partial charge in [-0.05, 0) is 73.8 Å². The van der Waals surface area contributed by atoms with Crippen LogP contribution in [-0.2, 0) is 5.41 Å². The Labute approximate surface area is 207 Å². The largest absolute Gasteiger partial charge is 0.335 e. The standard InChI is InChI=1S/C29H32ClN3O/c30-26-8-4-7-25(16-26)29(20-31)13-11-27(12-14-29)33(19-21-9-10-21)28(34)24-15-23(17-32-18-24)22-5-2-1-3-6-22/h1-8,15-18,21,27H,9-14,19-20,31H2/t27-,29-. The highest BCUT2D eigenvalue weighted by atomic mass is 35.5. The summed E-state index contributed by atoms with van der Waals surface area (Å²) in [6.45, 7) is 1.44. The van der Waals surface area contributed by atoms with E-state index in [1.807, 2.05) is 42.6 Å². The van der Waals surface area contributed by atoms with Crippen molar-refractivity contribution in [2.24, 2.45) is 11.7 Å². The number of benzene rings is 2. The zero-order chi connectivity index (χ0) is 23.5. The van der Waals surface area contributed by atoms with E-state index in [1.54, 1.807) is 6.20 Å². The molecule has 5 heteroatoms. The topological polar surface area (TPSA) is 59.2 Å². The summed E-state index contributed by atoms with van der Waals surface area (Å²) in [5.74, 6) is 0.730. The van der Waals surface area contributed by atoms with Gasteiger partial charge in [0.25, 0.3) is 5.91 Å². The van der Waals surface area contributed by atoms with Crippen molar-refractivity contribution in [2.75, 3.05) is 13.1 Å². The zero-order valence-corrected chi connectivity index (χ0v) is 20.3. The van der Waals surface area contributed by atoms with Gasteiger partial charge in [-0.2, -0.15) is 0 Å². The smallest absolute Gasteiger partial charge is 0.255 e. The average molecular weight is 474 g/mol. The third-order valence-electron chi connectivity index (χ3n) is 7.69. The maximum absolute atomic E-state index is 13.8. The first-order valence-corrected chi connectivity index (χ1v) is 12.7. The lowest BCUT2D eigenvalue weighted by Gasteiger charge is -2.43. The van der Waals surface area contributed by atoms with Gasteiger partial charge in [0.05, 0.1) is 5.56 Å². The Morgan fingerprint density at radius 2 is 1.74 bits per heavy atom. The van der Waals surface area contributed by atoms with E-state index in [9.17, 15) is 4.79 Å². The molecule has 2 aliphatic carbocycles. The minimum Gasteiger partial charge on any atom is -0.335 e. The number of nitrogens with zero attached hydrogens (tertiary/aromatic N) is 2. The molecule has 2 saturated carbocycles. The van der Waals surface area contributed by atoms with Crippen LogP contribution in [0.1, 0.15) is 54.4 Å².